The molecular formula is C24H30N6O4S. The fourth-order valence-electron chi connectivity index (χ4n) is 4.70. The molecule has 35 heavy (non-hydrogen) atoms. The first-order valence-corrected chi connectivity index (χ1v) is 13.4. The number of hydrogen-bond donors (Lipinski definition) is 0. The van der Waals surface area contributed by atoms with Crippen LogP contribution in [-0.4, -0.2) is 62.7 Å². The van der Waals surface area contributed by atoms with Crippen LogP contribution in [0.25, 0.3) is 5.82 Å². The fraction of sp³-hybridized carbons (Fsp3) is 0.500. The quantitative estimate of drug-likeness (QED) is 0.436. The first kappa shape index (κ1) is 23.5. The van der Waals surface area contributed by atoms with Crippen molar-refractivity contribution in [2.24, 2.45) is 13.0 Å². The lowest BCUT2D eigenvalue weighted by Crippen LogP contribution is -2.40. The summed E-state index contributed by atoms with van der Waals surface area (Å²) in [7, 11) is -2.21. The molecule has 0 amide bonds. The van der Waals surface area contributed by atoms with E-state index in [1.54, 1.807) is 36.1 Å². The number of carbonyl (C=O) groups excluding carboxylic acids is 1. The lowest BCUT2D eigenvalue weighted by Gasteiger charge is -2.34. The highest BCUT2D eigenvalue weighted by Gasteiger charge is 2.39. The predicted octanol–water partition coefficient (Wildman–Crippen LogP) is 2.82. The lowest BCUT2D eigenvalue weighted by molar-refractivity contribution is 0.102. The van der Waals surface area contributed by atoms with Crippen molar-refractivity contribution < 1.29 is 17.9 Å². The van der Waals surface area contributed by atoms with Crippen LogP contribution in [0, 0.1) is 5.92 Å². The van der Waals surface area contributed by atoms with E-state index in [2.05, 4.69) is 35.9 Å². The maximum atomic E-state index is 13.4. The van der Waals surface area contributed by atoms with Gasteiger partial charge in [-0.05, 0) is 51.2 Å². The largest absolute Gasteiger partial charge is 0.473 e. The van der Waals surface area contributed by atoms with Gasteiger partial charge in [-0.1, -0.05) is 6.92 Å². The van der Waals surface area contributed by atoms with E-state index in [-0.39, 0.29) is 22.1 Å². The monoisotopic (exact) mass is 498 g/mol. The Morgan fingerprint density at radius 3 is 2.63 bits per heavy atom. The van der Waals surface area contributed by atoms with Gasteiger partial charge in [0.15, 0.2) is 21.4 Å². The first-order valence-electron chi connectivity index (χ1n) is 11.8. The molecule has 186 valence electrons. The molecule has 1 atom stereocenters. The molecule has 10 nitrogen and oxygen atoms in total. The number of sulfone groups is 1. The number of anilines is 1. The second kappa shape index (κ2) is 8.47. The maximum Gasteiger partial charge on any atom is 0.233 e. The molecular weight excluding hydrogens is 468 g/mol. The Bertz CT molecular complexity index is 1370. The summed E-state index contributed by atoms with van der Waals surface area (Å²) in [5.41, 5.74) is 0.0390. The van der Waals surface area contributed by atoms with E-state index in [9.17, 15) is 13.2 Å². The van der Waals surface area contributed by atoms with E-state index in [0.717, 1.165) is 19.3 Å². The normalized spacial score (nSPS) is 19.8. The molecule has 0 radical (unpaired) electrons. The number of aryl methyl sites for hydroxylation is 1. The average Bonchev–Trinajstić information content (AvgIpc) is 3.14. The molecule has 0 bridgehead atoms. The molecule has 3 aromatic heterocycles. The zero-order chi connectivity index (χ0) is 25.0. The third-order valence-electron chi connectivity index (χ3n) is 6.46. The van der Waals surface area contributed by atoms with Gasteiger partial charge in [-0.3, -0.25) is 9.48 Å². The van der Waals surface area contributed by atoms with Crippen LogP contribution in [0.4, 0.5) is 5.82 Å². The molecule has 5 rings (SSSR count). The summed E-state index contributed by atoms with van der Waals surface area (Å²) in [5, 5.41) is 8.40. The lowest BCUT2D eigenvalue weighted by atomic mass is 9.97. The van der Waals surface area contributed by atoms with Crippen LogP contribution < -0.4 is 9.64 Å². The van der Waals surface area contributed by atoms with Gasteiger partial charge in [0, 0.05) is 37.6 Å². The topological polar surface area (TPSA) is 112 Å². The summed E-state index contributed by atoms with van der Waals surface area (Å²) >= 11 is 0. The number of Topliss-reactive ketones (excluding diaryl/α,β-unsaturated/α-hetero) is 1. The van der Waals surface area contributed by atoms with Crippen molar-refractivity contribution in [3.63, 3.8) is 0 Å². The van der Waals surface area contributed by atoms with Crippen molar-refractivity contribution in [1.82, 2.24) is 24.5 Å². The summed E-state index contributed by atoms with van der Waals surface area (Å²) < 4.78 is 34.6. The molecule has 2 fully saturated rings. The molecule has 0 unspecified atom stereocenters. The summed E-state index contributed by atoms with van der Waals surface area (Å²) in [4.78, 5) is 20.3. The number of ether oxygens (including phenoxy) is 1. The molecule has 0 N–H and O–H groups in total. The molecule has 3 aromatic rings. The van der Waals surface area contributed by atoms with Gasteiger partial charge in [-0.2, -0.15) is 5.10 Å². The molecule has 1 aliphatic carbocycles. The van der Waals surface area contributed by atoms with Gasteiger partial charge in [0.2, 0.25) is 5.88 Å². The van der Waals surface area contributed by atoms with E-state index in [0.29, 0.717) is 30.0 Å². The predicted molar refractivity (Wildman–Crippen MR) is 130 cm³/mol. The summed E-state index contributed by atoms with van der Waals surface area (Å²) in [6.45, 7) is 7.10. The van der Waals surface area contributed by atoms with E-state index in [1.165, 1.54) is 17.1 Å². The molecule has 4 heterocycles. The van der Waals surface area contributed by atoms with Crippen LogP contribution in [0.1, 0.15) is 50.4 Å². The van der Waals surface area contributed by atoms with Crippen molar-refractivity contribution in [2.45, 2.75) is 56.6 Å². The molecule has 0 spiro atoms. The highest BCUT2D eigenvalue weighted by atomic mass is 32.2. The minimum Gasteiger partial charge on any atom is -0.473 e. The van der Waals surface area contributed by atoms with Gasteiger partial charge in [0.05, 0.1) is 11.8 Å². The van der Waals surface area contributed by atoms with Crippen molar-refractivity contribution >= 4 is 21.4 Å². The minimum absolute atomic E-state index is 0.0225. The van der Waals surface area contributed by atoms with E-state index in [4.69, 9.17) is 9.72 Å². The molecule has 1 aliphatic heterocycles. The molecule has 0 aromatic carbocycles. The van der Waals surface area contributed by atoms with Crippen molar-refractivity contribution in [3.05, 3.63) is 42.4 Å². The Morgan fingerprint density at radius 2 is 2.00 bits per heavy atom. The minimum atomic E-state index is -3.84. The number of pyridine rings is 1. The summed E-state index contributed by atoms with van der Waals surface area (Å²) in [5.74, 6) is 0.791. The zero-order valence-electron chi connectivity index (χ0n) is 20.4. The van der Waals surface area contributed by atoms with Gasteiger partial charge < -0.3 is 9.64 Å². The highest BCUT2D eigenvalue weighted by Crippen LogP contribution is 2.38. The molecule has 1 saturated carbocycles. The zero-order valence-corrected chi connectivity index (χ0v) is 21.2. The van der Waals surface area contributed by atoms with Gasteiger partial charge in [0.1, 0.15) is 22.6 Å². The van der Waals surface area contributed by atoms with Crippen molar-refractivity contribution in [1.29, 1.82) is 0 Å². The number of nitrogens with zero attached hydrogens (tertiary/aromatic N) is 6. The number of carbonyl (C=O) groups is 1. The second-order valence-electron chi connectivity index (χ2n) is 10.2. The first-order chi connectivity index (χ1) is 16.5. The van der Waals surface area contributed by atoms with Crippen LogP contribution in [0.2, 0.25) is 0 Å². The van der Waals surface area contributed by atoms with Gasteiger partial charge in [0.25, 0.3) is 0 Å². The summed E-state index contributed by atoms with van der Waals surface area (Å²) in [6.07, 6.45) is 7.67. The number of rotatable bonds is 8. The number of ketones is 1. The Hall–Kier alpha value is -3.21. The smallest absolute Gasteiger partial charge is 0.233 e. The second-order valence-corrected chi connectivity index (χ2v) is 12.2. The Kier molecular flexibility index (Phi) is 5.70. The standard InChI is InChI=1S/C24H30N6O4S/c1-16-11-24(2,3)29(13-16)23-19(20(31)15-35(32,33)18-12-25-28(4)14-18)7-8-21(26-23)30-10-9-22(27-30)34-17-5-6-17/h7-10,12,14,16-17H,5-6,11,13,15H2,1-4H3/t16-/m0/s1. The summed E-state index contributed by atoms with van der Waals surface area (Å²) in [6, 6.07) is 5.13. The third kappa shape index (κ3) is 4.82. The van der Waals surface area contributed by atoms with Crippen LogP contribution >= 0.6 is 0 Å². The number of hydrogen-bond acceptors (Lipinski definition) is 8. The van der Waals surface area contributed by atoms with Crippen LogP contribution in [0.5, 0.6) is 5.88 Å². The SMILES string of the molecule is C[C@@H]1CN(c2nc(-n3ccc(OC4CC4)n3)ccc2C(=O)CS(=O)(=O)c2cnn(C)c2)C(C)(C)C1. The molecule has 2 aliphatic rings. The van der Waals surface area contributed by atoms with E-state index < -0.39 is 21.4 Å². The van der Waals surface area contributed by atoms with Crippen LogP contribution in [0.3, 0.4) is 0 Å². The Labute approximate surface area is 204 Å². The molecule has 11 heteroatoms. The van der Waals surface area contributed by atoms with E-state index in [1.807, 2.05) is 0 Å². The third-order valence-corrected chi connectivity index (χ3v) is 8.03. The van der Waals surface area contributed by atoms with Crippen molar-refractivity contribution in [3.8, 4) is 11.7 Å². The van der Waals surface area contributed by atoms with Gasteiger partial charge in [-0.25, -0.2) is 18.1 Å². The molecule has 1 saturated heterocycles. The Morgan fingerprint density at radius 1 is 1.23 bits per heavy atom. The van der Waals surface area contributed by atoms with Gasteiger partial charge >= 0.3 is 0 Å². The van der Waals surface area contributed by atoms with Crippen LogP contribution in [0.15, 0.2) is 41.7 Å². The Balaban J connectivity index is 1.51. The fourth-order valence-corrected chi connectivity index (χ4v) is 5.88. The maximum absolute atomic E-state index is 13.4. The van der Waals surface area contributed by atoms with E-state index >= 15 is 0 Å². The van der Waals surface area contributed by atoms with Gasteiger partial charge in [-0.15, -0.1) is 5.10 Å². The van der Waals surface area contributed by atoms with Crippen molar-refractivity contribution in [2.75, 3.05) is 17.2 Å². The highest BCUT2D eigenvalue weighted by molar-refractivity contribution is 7.92. The van der Waals surface area contributed by atoms with Crippen LogP contribution in [-0.2, 0) is 16.9 Å². The number of aromatic nitrogens is 5. The average molecular weight is 499 g/mol.